The van der Waals surface area contributed by atoms with Crippen molar-refractivity contribution in [1.82, 2.24) is 0 Å². The van der Waals surface area contributed by atoms with E-state index in [2.05, 4.69) is 0 Å². The predicted molar refractivity (Wildman–Crippen MR) is 45.8 cm³/mol. The standard InChI is InChI=1S/C10H8F4O/c11-8-4-3-7(2-1-5-15)9(6-8)10(12,13)14/h3-6H,1-2H2. The molecule has 0 unspecified atom stereocenters. The van der Waals surface area contributed by atoms with Gasteiger partial charge < -0.3 is 4.79 Å². The van der Waals surface area contributed by atoms with Crippen LogP contribution in [0, 0.1) is 5.82 Å². The zero-order valence-corrected chi connectivity index (χ0v) is 7.64. The molecule has 0 amide bonds. The van der Waals surface area contributed by atoms with Gasteiger partial charge in [0, 0.05) is 6.42 Å². The molecule has 1 aromatic rings. The Hall–Kier alpha value is -1.39. The first kappa shape index (κ1) is 11.7. The van der Waals surface area contributed by atoms with Crippen LogP contribution >= 0.6 is 0 Å². The van der Waals surface area contributed by atoms with Crippen LogP contribution in [-0.2, 0) is 17.4 Å². The van der Waals surface area contributed by atoms with Crippen molar-refractivity contribution >= 4 is 6.29 Å². The highest BCUT2D eigenvalue weighted by Gasteiger charge is 2.33. The molecule has 1 aromatic carbocycles. The molecule has 1 rings (SSSR count). The normalized spacial score (nSPS) is 11.5. The van der Waals surface area contributed by atoms with Gasteiger partial charge in [0.05, 0.1) is 5.56 Å². The first-order valence-corrected chi connectivity index (χ1v) is 4.24. The van der Waals surface area contributed by atoms with E-state index in [1.165, 1.54) is 0 Å². The van der Waals surface area contributed by atoms with E-state index in [1.54, 1.807) is 0 Å². The predicted octanol–water partition coefficient (Wildman–Crippen LogP) is 2.98. The second-order valence-corrected chi connectivity index (χ2v) is 3.00. The molecule has 0 heterocycles. The van der Waals surface area contributed by atoms with Gasteiger partial charge >= 0.3 is 6.18 Å². The summed E-state index contributed by atoms with van der Waals surface area (Å²) in [7, 11) is 0. The van der Waals surface area contributed by atoms with Gasteiger partial charge in [-0.1, -0.05) is 6.07 Å². The highest BCUT2D eigenvalue weighted by molar-refractivity contribution is 5.50. The summed E-state index contributed by atoms with van der Waals surface area (Å²) >= 11 is 0. The van der Waals surface area contributed by atoms with Crippen molar-refractivity contribution in [3.8, 4) is 0 Å². The summed E-state index contributed by atoms with van der Waals surface area (Å²) in [6.07, 6.45) is -4.09. The van der Waals surface area contributed by atoms with Gasteiger partial charge in [-0.2, -0.15) is 13.2 Å². The molecule has 0 aromatic heterocycles. The molecule has 0 aliphatic rings. The maximum atomic E-state index is 12.6. The lowest BCUT2D eigenvalue weighted by molar-refractivity contribution is -0.138. The molecule has 15 heavy (non-hydrogen) atoms. The van der Waals surface area contributed by atoms with Crippen LogP contribution in [0.1, 0.15) is 17.5 Å². The SMILES string of the molecule is O=CCCc1ccc(F)cc1C(F)(F)F. The minimum absolute atomic E-state index is 0.00525. The summed E-state index contributed by atoms with van der Waals surface area (Å²) in [5.41, 5.74) is -1.07. The van der Waals surface area contributed by atoms with Gasteiger partial charge in [-0.05, 0) is 24.1 Å². The van der Waals surface area contributed by atoms with Gasteiger partial charge in [-0.25, -0.2) is 4.39 Å². The molecular formula is C10H8F4O. The summed E-state index contributed by atoms with van der Waals surface area (Å²) in [5, 5.41) is 0. The molecule has 0 aliphatic carbocycles. The highest BCUT2D eigenvalue weighted by atomic mass is 19.4. The van der Waals surface area contributed by atoms with E-state index >= 15 is 0 Å². The zero-order valence-electron chi connectivity index (χ0n) is 7.64. The molecule has 5 heteroatoms. The molecule has 0 atom stereocenters. The number of halogens is 4. The fraction of sp³-hybridized carbons (Fsp3) is 0.300. The van der Waals surface area contributed by atoms with Crippen molar-refractivity contribution in [3.05, 3.63) is 35.1 Å². The van der Waals surface area contributed by atoms with Gasteiger partial charge in [0.15, 0.2) is 0 Å². The summed E-state index contributed by atoms with van der Waals surface area (Å²) in [6, 6.07) is 2.46. The van der Waals surface area contributed by atoms with Gasteiger partial charge in [0.1, 0.15) is 12.1 Å². The van der Waals surface area contributed by atoms with Crippen LogP contribution in [-0.4, -0.2) is 6.29 Å². The summed E-state index contributed by atoms with van der Waals surface area (Å²) in [5.74, 6) is -0.933. The van der Waals surface area contributed by atoms with Crippen LogP contribution in [0.2, 0.25) is 0 Å². The molecule has 0 bridgehead atoms. The van der Waals surface area contributed by atoms with Crippen LogP contribution < -0.4 is 0 Å². The molecule has 0 fully saturated rings. The molecule has 0 saturated heterocycles. The van der Waals surface area contributed by atoms with Crippen LogP contribution in [0.3, 0.4) is 0 Å². The lowest BCUT2D eigenvalue weighted by Crippen LogP contribution is -2.10. The van der Waals surface area contributed by atoms with E-state index in [0.29, 0.717) is 12.4 Å². The summed E-state index contributed by atoms with van der Waals surface area (Å²) < 4.78 is 49.8. The Morgan fingerprint density at radius 2 is 1.93 bits per heavy atom. The fourth-order valence-electron chi connectivity index (χ4n) is 1.24. The Kier molecular flexibility index (Phi) is 3.44. The van der Waals surface area contributed by atoms with Gasteiger partial charge in [0.2, 0.25) is 0 Å². The first-order chi connectivity index (χ1) is 6.95. The second kappa shape index (κ2) is 4.42. The van der Waals surface area contributed by atoms with Crippen molar-refractivity contribution in [2.75, 3.05) is 0 Å². The van der Waals surface area contributed by atoms with Crippen LogP contribution in [0.25, 0.3) is 0 Å². The van der Waals surface area contributed by atoms with Gasteiger partial charge in [0.25, 0.3) is 0 Å². The second-order valence-electron chi connectivity index (χ2n) is 3.00. The van der Waals surface area contributed by atoms with Crippen molar-refractivity contribution in [2.24, 2.45) is 0 Å². The number of hydrogen-bond acceptors (Lipinski definition) is 1. The molecule has 0 aliphatic heterocycles. The fourth-order valence-corrected chi connectivity index (χ4v) is 1.24. The van der Waals surface area contributed by atoms with Gasteiger partial charge in [-0.15, -0.1) is 0 Å². The minimum Gasteiger partial charge on any atom is -0.303 e. The third-order valence-electron chi connectivity index (χ3n) is 1.91. The Bertz CT molecular complexity index is 357. The monoisotopic (exact) mass is 220 g/mol. The number of hydrogen-bond donors (Lipinski definition) is 0. The number of alkyl halides is 3. The van der Waals surface area contributed by atoms with E-state index in [1.807, 2.05) is 0 Å². The van der Waals surface area contributed by atoms with Crippen molar-refractivity contribution < 1.29 is 22.4 Å². The Labute approximate surface area is 83.7 Å². The minimum atomic E-state index is -4.58. The number of rotatable bonds is 3. The smallest absolute Gasteiger partial charge is 0.303 e. The Morgan fingerprint density at radius 1 is 1.27 bits per heavy atom. The van der Waals surface area contributed by atoms with E-state index in [9.17, 15) is 22.4 Å². The third kappa shape index (κ3) is 3.04. The number of aldehydes is 1. The van der Waals surface area contributed by atoms with E-state index in [0.717, 1.165) is 12.1 Å². The van der Waals surface area contributed by atoms with Crippen LogP contribution in [0.5, 0.6) is 0 Å². The van der Waals surface area contributed by atoms with Crippen LogP contribution in [0.4, 0.5) is 17.6 Å². The average Bonchev–Trinajstić information content (AvgIpc) is 2.14. The van der Waals surface area contributed by atoms with Gasteiger partial charge in [-0.3, -0.25) is 0 Å². The largest absolute Gasteiger partial charge is 0.416 e. The molecular weight excluding hydrogens is 212 g/mol. The van der Waals surface area contributed by atoms with Crippen LogP contribution in [0.15, 0.2) is 18.2 Å². The molecule has 82 valence electrons. The molecule has 0 N–H and O–H groups in total. The van der Waals surface area contributed by atoms with E-state index < -0.39 is 17.6 Å². The first-order valence-electron chi connectivity index (χ1n) is 4.24. The lowest BCUT2D eigenvalue weighted by Gasteiger charge is -2.11. The average molecular weight is 220 g/mol. The number of carbonyl (C=O) groups excluding carboxylic acids is 1. The zero-order chi connectivity index (χ0) is 11.5. The molecule has 0 saturated carbocycles. The van der Waals surface area contributed by atoms with E-state index in [4.69, 9.17) is 0 Å². The number of benzene rings is 1. The molecule has 1 nitrogen and oxygen atoms in total. The van der Waals surface area contributed by atoms with Crippen molar-refractivity contribution in [2.45, 2.75) is 19.0 Å². The maximum Gasteiger partial charge on any atom is 0.416 e. The molecule has 0 spiro atoms. The Balaban J connectivity index is 3.09. The van der Waals surface area contributed by atoms with Crippen molar-refractivity contribution in [3.63, 3.8) is 0 Å². The third-order valence-corrected chi connectivity index (χ3v) is 1.91. The lowest BCUT2D eigenvalue weighted by atomic mass is 10.0. The highest BCUT2D eigenvalue weighted by Crippen LogP contribution is 2.32. The quantitative estimate of drug-likeness (QED) is 0.565. The summed E-state index contributed by atoms with van der Waals surface area (Å²) in [4.78, 5) is 10.1. The number of carbonyl (C=O) groups is 1. The van der Waals surface area contributed by atoms with Crippen molar-refractivity contribution in [1.29, 1.82) is 0 Å². The summed E-state index contributed by atoms with van der Waals surface area (Å²) in [6.45, 7) is 0. The van der Waals surface area contributed by atoms with E-state index in [-0.39, 0.29) is 18.4 Å². The molecule has 0 radical (unpaired) electrons. The maximum absolute atomic E-state index is 12.6. The topological polar surface area (TPSA) is 17.1 Å². The Morgan fingerprint density at radius 3 is 2.47 bits per heavy atom. The number of aryl methyl sites for hydroxylation is 1.